The Bertz CT molecular complexity index is 465. The Morgan fingerprint density at radius 2 is 2.16 bits per heavy atom. The van der Waals surface area contributed by atoms with Gasteiger partial charge in [0.15, 0.2) is 0 Å². The van der Waals surface area contributed by atoms with Crippen LogP contribution in [0.25, 0.3) is 0 Å². The summed E-state index contributed by atoms with van der Waals surface area (Å²) in [5.74, 6) is -0.183. The molecule has 0 aliphatic carbocycles. The lowest BCUT2D eigenvalue weighted by Gasteiger charge is -2.25. The number of benzene rings is 1. The van der Waals surface area contributed by atoms with E-state index >= 15 is 0 Å². The van der Waals surface area contributed by atoms with E-state index < -0.39 is 0 Å². The van der Waals surface area contributed by atoms with Crippen molar-refractivity contribution < 1.29 is 4.39 Å². The van der Waals surface area contributed by atoms with E-state index in [1.807, 2.05) is 31.9 Å². The van der Waals surface area contributed by atoms with Crippen molar-refractivity contribution in [1.29, 1.82) is 5.26 Å². The van der Waals surface area contributed by atoms with Gasteiger partial charge in [-0.1, -0.05) is 6.92 Å². The maximum atomic E-state index is 13.8. The van der Waals surface area contributed by atoms with Crippen molar-refractivity contribution >= 4 is 5.69 Å². The van der Waals surface area contributed by atoms with Crippen molar-refractivity contribution in [2.45, 2.75) is 33.2 Å². The molecule has 3 nitrogen and oxygen atoms in total. The Morgan fingerprint density at radius 3 is 2.74 bits per heavy atom. The predicted octanol–water partition coefficient (Wildman–Crippen LogP) is 3.15. The van der Waals surface area contributed by atoms with Gasteiger partial charge in [-0.05, 0) is 43.7 Å². The van der Waals surface area contributed by atoms with Gasteiger partial charge in [-0.25, -0.2) is 4.39 Å². The lowest BCUT2D eigenvalue weighted by Crippen LogP contribution is -2.24. The summed E-state index contributed by atoms with van der Waals surface area (Å²) in [6.07, 6.45) is 0.460. The molecule has 1 aromatic carbocycles. The molecule has 1 N–H and O–H groups in total. The lowest BCUT2D eigenvalue weighted by molar-refractivity contribution is 0.578. The van der Waals surface area contributed by atoms with E-state index in [4.69, 9.17) is 5.26 Å². The highest BCUT2D eigenvalue weighted by molar-refractivity contribution is 5.56. The van der Waals surface area contributed by atoms with Crippen LogP contribution in [-0.4, -0.2) is 20.1 Å². The minimum Gasteiger partial charge on any atom is -0.373 e. The van der Waals surface area contributed by atoms with Gasteiger partial charge in [-0.3, -0.25) is 0 Å². The highest BCUT2D eigenvalue weighted by Crippen LogP contribution is 2.28. The average Bonchev–Trinajstić information content (AvgIpc) is 2.38. The summed E-state index contributed by atoms with van der Waals surface area (Å²) in [5, 5.41) is 12.0. The molecule has 0 aromatic heterocycles. The van der Waals surface area contributed by atoms with Gasteiger partial charge < -0.3 is 10.2 Å². The first kappa shape index (κ1) is 15.5. The van der Waals surface area contributed by atoms with Crippen LogP contribution < -0.4 is 10.2 Å². The predicted molar refractivity (Wildman–Crippen MR) is 76.7 cm³/mol. The van der Waals surface area contributed by atoms with Crippen molar-refractivity contribution in [3.63, 3.8) is 0 Å². The van der Waals surface area contributed by atoms with E-state index in [1.165, 1.54) is 0 Å². The van der Waals surface area contributed by atoms with Crippen LogP contribution in [0.1, 0.15) is 37.4 Å². The third kappa shape index (κ3) is 3.93. The number of hydrogen-bond acceptors (Lipinski definition) is 3. The Balaban J connectivity index is 3.12. The molecule has 0 bridgehead atoms. The molecule has 104 valence electrons. The van der Waals surface area contributed by atoms with Crippen LogP contribution in [-0.2, 0) is 0 Å². The number of anilines is 1. The second-order valence-electron chi connectivity index (χ2n) is 4.77. The Hall–Kier alpha value is -1.60. The highest BCUT2D eigenvalue weighted by Gasteiger charge is 2.15. The third-order valence-electron chi connectivity index (χ3n) is 3.26. The summed E-state index contributed by atoms with van der Waals surface area (Å²) >= 11 is 0. The van der Waals surface area contributed by atoms with E-state index in [9.17, 15) is 4.39 Å². The highest BCUT2D eigenvalue weighted by atomic mass is 19.1. The molecule has 0 amide bonds. The summed E-state index contributed by atoms with van der Waals surface area (Å²) in [7, 11) is 1.94. The minimum atomic E-state index is -0.183. The van der Waals surface area contributed by atoms with Crippen LogP contribution in [0.15, 0.2) is 12.1 Å². The molecular formula is C15H22FN3. The fourth-order valence-corrected chi connectivity index (χ4v) is 2.11. The fourth-order valence-electron chi connectivity index (χ4n) is 2.11. The third-order valence-corrected chi connectivity index (χ3v) is 3.26. The van der Waals surface area contributed by atoms with E-state index in [1.54, 1.807) is 13.0 Å². The van der Waals surface area contributed by atoms with Gasteiger partial charge in [0.05, 0.1) is 12.5 Å². The van der Waals surface area contributed by atoms with Gasteiger partial charge in [0.2, 0.25) is 0 Å². The zero-order chi connectivity index (χ0) is 14.4. The zero-order valence-electron chi connectivity index (χ0n) is 12.1. The van der Waals surface area contributed by atoms with Crippen molar-refractivity contribution in [2.75, 3.05) is 25.0 Å². The normalized spacial score (nSPS) is 12.0. The van der Waals surface area contributed by atoms with Crippen molar-refractivity contribution in [3.05, 3.63) is 29.1 Å². The Kier molecular flexibility index (Phi) is 5.78. The molecule has 1 aromatic rings. The number of halogens is 1. The van der Waals surface area contributed by atoms with Crippen LogP contribution in [0, 0.1) is 24.1 Å². The smallest absolute Gasteiger partial charge is 0.126 e. The molecule has 0 fully saturated rings. The van der Waals surface area contributed by atoms with Gasteiger partial charge in [0.1, 0.15) is 5.82 Å². The number of nitrogens with zero attached hydrogens (tertiary/aromatic N) is 2. The second kappa shape index (κ2) is 7.10. The van der Waals surface area contributed by atoms with Crippen molar-refractivity contribution in [1.82, 2.24) is 5.32 Å². The standard InChI is InChI=1S/C15H22FN3/c1-5-18-12(3)13-10-14(16)11(2)9-15(13)19(4)8-6-7-17/h9-10,12,18H,5-6,8H2,1-4H3. The largest absolute Gasteiger partial charge is 0.373 e. The van der Waals surface area contributed by atoms with E-state index in [2.05, 4.69) is 11.4 Å². The van der Waals surface area contributed by atoms with E-state index in [0.717, 1.165) is 17.8 Å². The Labute approximate surface area is 115 Å². The summed E-state index contributed by atoms with van der Waals surface area (Å²) in [5.41, 5.74) is 2.55. The molecular weight excluding hydrogens is 241 g/mol. The molecule has 1 atom stereocenters. The Morgan fingerprint density at radius 1 is 1.47 bits per heavy atom. The molecule has 0 heterocycles. The zero-order valence-corrected chi connectivity index (χ0v) is 12.1. The summed E-state index contributed by atoms with van der Waals surface area (Å²) < 4.78 is 13.8. The maximum absolute atomic E-state index is 13.8. The molecule has 1 rings (SSSR count). The number of nitriles is 1. The van der Waals surface area contributed by atoms with Gasteiger partial charge in [0.25, 0.3) is 0 Å². The lowest BCUT2D eigenvalue weighted by atomic mass is 10.0. The fraction of sp³-hybridized carbons (Fsp3) is 0.533. The van der Waals surface area contributed by atoms with E-state index in [0.29, 0.717) is 18.5 Å². The van der Waals surface area contributed by atoms with Gasteiger partial charge in [0, 0.05) is 25.3 Å². The molecule has 1 unspecified atom stereocenters. The van der Waals surface area contributed by atoms with Crippen molar-refractivity contribution in [3.8, 4) is 6.07 Å². The van der Waals surface area contributed by atoms with E-state index in [-0.39, 0.29) is 11.9 Å². The minimum absolute atomic E-state index is 0.0830. The van der Waals surface area contributed by atoms with Gasteiger partial charge in [-0.15, -0.1) is 0 Å². The van der Waals surface area contributed by atoms with Gasteiger partial charge in [-0.2, -0.15) is 5.26 Å². The SMILES string of the molecule is CCNC(C)c1cc(F)c(C)cc1N(C)CCC#N. The molecule has 0 saturated carbocycles. The van der Waals surface area contributed by atoms with Gasteiger partial charge >= 0.3 is 0 Å². The maximum Gasteiger partial charge on any atom is 0.126 e. The summed E-state index contributed by atoms with van der Waals surface area (Å²) in [6, 6.07) is 5.67. The van der Waals surface area contributed by atoms with Crippen LogP contribution in [0.5, 0.6) is 0 Å². The summed E-state index contributed by atoms with van der Waals surface area (Å²) in [4.78, 5) is 2.01. The average molecular weight is 263 g/mol. The molecule has 0 aliphatic heterocycles. The first-order valence-electron chi connectivity index (χ1n) is 6.62. The first-order chi connectivity index (χ1) is 9.01. The molecule has 19 heavy (non-hydrogen) atoms. The topological polar surface area (TPSA) is 39.1 Å². The number of aryl methyl sites for hydroxylation is 1. The molecule has 0 aliphatic rings. The van der Waals surface area contributed by atoms with Crippen LogP contribution >= 0.6 is 0 Å². The van der Waals surface area contributed by atoms with Crippen LogP contribution in [0.4, 0.5) is 10.1 Å². The summed E-state index contributed by atoms with van der Waals surface area (Å²) in [6.45, 7) is 7.29. The van der Waals surface area contributed by atoms with Crippen LogP contribution in [0.3, 0.4) is 0 Å². The monoisotopic (exact) mass is 263 g/mol. The molecule has 0 spiro atoms. The molecule has 4 heteroatoms. The number of nitrogens with one attached hydrogen (secondary N) is 1. The quantitative estimate of drug-likeness (QED) is 0.857. The number of hydrogen-bond donors (Lipinski definition) is 1. The molecule has 0 radical (unpaired) electrons. The number of rotatable bonds is 6. The van der Waals surface area contributed by atoms with Crippen molar-refractivity contribution in [2.24, 2.45) is 0 Å². The molecule has 0 saturated heterocycles. The first-order valence-corrected chi connectivity index (χ1v) is 6.62. The second-order valence-corrected chi connectivity index (χ2v) is 4.77. The van der Waals surface area contributed by atoms with Crippen LogP contribution in [0.2, 0.25) is 0 Å².